The van der Waals surface area contributed by atoms with E-state index in [9.17, 15) is 4.79 Å². The second-order valence-electron chi connectivity index (χ2n) is 5.58. The second-order valence-corrected chi connectivity index (χ2v) is 5.58. The molecule has 4 nitrogen and oxygen atoms in total. The van der Waals surface area contributed by atoms with Gasteiger partial charge >= 0.3 is 5.97 Å². The molecule has 0 radical (unpaired) electrons. The molecule has 2 rings (SSSR count). The zero-order chi connectivity index (χ0) is 16.7. The highest BCUT2D eigenvalue weighted by Gasteiger charge is 2.02. The first-order valence-electron chi connectivity index (χ1n) is 7.80. The predicted molar refractivity (Wildman–Crippen MR) is 91.1 cm³/mol. The Morgan fingerprint density at radius 1 is 1.13 bits per heavy atom. The molecule has 0 aliphatic heterocycles. The van der Waals surface area contributed by atoms with Gasteiger partial charge in [0.05, 0.1) is 12.2 Å². The minimum Gasteiger partial charge on any atom is -0.493 e. The van der Waals surface area contributed by atoms with Crippen LogP contribution in [0, 0.1) is 13.8 Å². The standard InChI is InChI=1S/C19H23NO3/c1-14-5-3-6-18(15(14)2)23-12-4-11-20-13-16-7-9-17(10-8-16)19(21)22/h3,5-10,20H,4,11-13H2,1-2H3,(H,21,22). The molecule has 0 amide bonds. The molecule has 0 saturated carbocycles. The van der Waals surface area contributed by atoms with Crippen LogP contribution in [0.2, 0.25) is 0 Å². The Morgan fingerprint density at radius 2 is 1.87 bits per heavy atom. The zero-order valence-corrected chi connectivity index (χ0v) is 13.6. The molecular weight excluding hydrogens is 290 g/mol. The van der Waals surface area contributed by atoms with Gasteiger partial charge in [0.25, 0.3) is 0 Å². The summed E-state index contributed by atoms with van der Waals surface area (Å²) in [7, 11) is 0. The van der Waals surface area contributed by atoms with E-state index in [-0.39, 0.29) is 0 Å². The summed E-state index contributed by atoms with van der Waals surface area (Å²) in [6.07, 6.45) is 0.917. The first-order chi connectivity index (χ1) is 11.1. The summed E-state index contributed by atoms with van der Waals surface area (Å²) in [5.41, 5.74) is 3.82. The topological polar surface area (TPSA) is 58.6 Å². The summed E-state index contributed by atoms with van der Waals surface area (Å²) < 4.78 is 5.81. The third-order valence-electron chi connectivity index (χ3n) is 3.84. The minimum atomic E-state index is -0.895. The van der Waals surface area contributed by atoms with E-state index in [1.165, 1.54) is 11.1 Å². The first kappa shape index (κ1) is 17.0. The molecule has 0 atom stereocenters. The normalized spacial score (nSPS) is 10.5. The Kier molecular flexibility index (Phi) is 6.18. The summed E-state index contributed by atoms with van der Waals surface area (Å²) >= 11 is 0. The molecule has 2 aromatic carbocycles. The number of carboxylic acids is 1. The van der Waals surface area contributed by atoms with Gasteiger partial charge < -0.3 is 15.2 Å². The van der Waals surface area contributed by atoms with E-state index >= 15 is 0 Å². The van der Waals surface area contributed by atoms with Crippen LogP contribution in [0.25, 0.3) is 0 Å². The van der Waals surface area contributed by atoms with Gasteiger partial charge in [0.15, 0.2) is 0 Å². The monoisotopic (exact) mass is 313 g/mol. The molecule has 122 valence electrons. The molecule has 0 fully saturated rings. The summed E-state index contributed by atoms with van der Waals surface area (Å²) in [5, 5.41) is 12.2. The molecular formula is C19H23NO3. The molecule has 0 saturated heterocycles. The number of carboxylic acid groups (broad SMARTS) is 1. The van der Waals surface area contributed by atoms with E-state index in [0.29, 0.717) is 12.2 Å². The molecule has 0 spiro atoms. The Bertz CT molecular complexity index is 650. The molecule has 0 aliphatic rings. The van der Waals surface area contributed by atoms with Crippen LogP contribution < -0.4 is 10.1 Å². The van der Waals surface area contributed by atoms with Gasteiger partial charge in [-0.05, 0) is 61.7 Å². The smallest absolute Gasteiger partial charge is 0.335 e. The van der Waals surface area contributed by atoms with E-state index in [1.54, 1.807) is 12.1 Å². The van der Waals surface area contributed by atoms with Crippen LogP contribution in [-0.4, -0.2) is 24.2 Å². The number of aryl methyl sites for hydroxylation is 1. The summed E-state index contributed by atoms with van der Waals surface area (Å²) in [6.45, 7) is 6.41. The molecule has 0 heterocycles. The van der Waals surface area contributed by atoms with Crippen LogP contribution in [0.3, 0.4) is 0 Å². The highest BCUT2D eigenvalue weighted by molar-refractivity contribution is 5.87. The van der Waals surface area contributed by atoms with Crippen molar-refractivity contribution >= 4 is 5.97 Å². The van der Waals surface area contributed by atoms with Gasteiger partial charge in [-0.25, -0.2) is 4.79 Å². The minimum absolute atomic E-state index is 0.315. The highest BCUT2D eigenvalue weighted by atomic mass is 16.5. The van der Waals surface area contributed by atoms with E-state index < -0.39 is 5.97 Å². The molecule has 2 N–H and O–H groups in total. The third-order valence-corrected chi connectivity index (χ3v) is 3.84. The number of benzene rings is 2. The van der Waals surface area contributed by atoms with Gasteiger partial charge in [-0.3, -0.25) is 0 Å². The van der Waals surface area contributed by atoms with E-state index in [0.717, 1.165) is 30.8 Å². The van der Waals surface area contributed by atoms with Crippen molar-refractivity contribution in [2.75, 3.05) is 13.2 Å². The first-order valence-corrected chi connectivity index (χ1v) is 7.80. The van der Waals surface area contributed by atoms with Crippen molar-refractivity contribution in [3.8, 4) is 5.75 Å². The fourth-order valence-electron chi connectivity index (χ4n) is 2.26. The molecule has 0 bridgehead atoms. The lowest BCUT2D eigenvalue weighted by Crippen LogP contribution is -2.17. The van der Waals surface area contributed by atoms with Crippen LogP contribution in [0.4, 0.5) is 0 Å². The average Bonchev–Trinajstić information content (AvgIpc) is 2.55. The molecule has 2 aromatic rings. The van der Waals surface area contributed by atoms with Crippen LogP contribution in [0.5, 0.6) is 5.75 Å². The number of hydrogen-bond acceptors (Lipinski definition) is 3. The Morgan fingerprint density at radius 3 is 2.57 bits per heavy atom. The Hall–Kier alpha value is -2.33. The van der Waals surface area contributed by atoms with Crippen molar-refractivity contribution in [3.05, 3.63) is 64.7 Å². The number of ether oxygens (including phenoxy) is 1. The van der Waals surface area contributed by atoms with Crippen molar-refractivity contribution in [1.82, 2.24) is 5.32 Å². The van der Waals surface area contributed by atoms with Crippen LogP contribution >= 0.6 is 0 Å². The molecule has 0 aliphatic carbocycles. The van der Waals surface area contributed by atoms with Gasteiger partial charge in [0.2, 0.25) is 0 Å². The maximum atomic E-state index is 10.8. The van der Waals surface area contributed by atoms with Gasteiger partial charge in [0.1, 0.15) is 5.75 Å². The lowest BCUT2D eigenvalue weighted by molar-refractivity contribution is 0.0697. The number of aromatic carboxylic acids is 1. The van der Waals surface area contributed by atoms with E-state index in [1.807, 2.05) is 24.3 Å². The van der Waals surface area contributed by atoms with Crippen LogP contribution in [0.1, 0.15) is 33.5 Å². The van der Waals surface area contributed by atoms with Gasteiger partial charge in [-0.2, -0.15) is 0 Å². The number of nitrogens with one attached hydrogen (secondary N) is 1. The second kappa shape index (κ2) is 8.34. The van der Waals surface area contributed by atoms with Gasteiger partial charge in [-0.15, -0.1) is 0 Å². The lowest BCUT2D eigenvalue weighted by Gasteiger charge is -2.11. The largest absolute Gasteiger partial charge is 0.493 e. The SMILES string of the molecule is Cc1cccc(OCCCNCc2ccc(C(=O)O)cc2)c1C. The quantitative estimate of drug-likeness (QED) is 0.732. The van der Waals surface area contributed by atoms with Crippen molar-refractivity contribution < 1.29 is 14.6 Å². The fourth-order valence-corrected chi connectivity index (χ4v) is 2.26. The van der Waals surface area contributed by atoms with Crippen molar-refractivity contribution in [2.24, 2.45) is 0 Å². The molecule has 23 heavy (non-hydrogen) atoms. The molecule has 4 heteroatoms. The zero-order valence-electron chi connectivity index (χ0n) is 13.6. The highest BCUT2D eigenvalue weighted by Crippen LogP contribution is 2.20. The van der Waals surface area contributed by atoms with Gasteiger partial charge in [0, 0.05) is 6.54 Å². The Labute approximate surface area is 137 Å². The predicted octanol–water partition coefficient (Wildman–Crippen LogP) is 3.56. The van der Waals surface area contributed by atoms with Crippen molar-refractivity contribution in [3.63, 3.8) is 0 Å². The van der Waals surface area contributed by atoms with Gasteiger partial charge in [-0.1, -0.05) is 24.3 Å². The van der Waals surface area contributed by atoms with Crippen LogP contribution in [0.15, 0.2) is 42.5 Å². The van der Waals surface area contributed by atoms with Crippen molar-refractivity contribution in [2.45, 2.75) is 26.8 Å². The average molecular weight is 313 g/mol. The van der Waals surface area contributed by atoms with Crippen molar-refractivity contribution in [1.29, 1.82) is 0 Å². The maximum Gasteiger partial charge on any atom is 0.335 e. The van der Waals surface area contributed by atoms with E-state index in [2.05, 4.69) is 25.2 Å². The summed E-state index contributed by atoms with van der Waals surface area (Å²) in [4.78, 5) is 10.8. The van der Waals surface area contributed by atoms with E-state index in [4.69, 9.17) is 9.84 Å². The lowest BCUT2D eigenvalue weighted by atomic mass is 10.1. The summed E-state index contributed by atoms with van der Waals surface area (Å²) in [5.74, 6) is 0.0577. The molecule has 0 aromatic heterocycles. The Balaban J connectivity index is 1.66. The number of rotatable bonds is 8. The fraction of sp³-hybridized carbons (Fsp3) is 0.316. The summed E-state index contributed by atoms with van der Waals surface area (Å²) in [6, 6.07) is 13.0. The number of hydrogen-bond donors (Lipinski definition) is 2. The van der Waals surface area contributed by atoms with Crippen LogP contribution in [-0.2, 0) is 6.54 Å². The third kappa shape index (κ3) is 5.11. The molecule has 0 unspecified atom stereocenters. The maximum absolute atomic E-state index is 10.8. The number of carbonyl (C=O) groups is 1.